The molecule has 1 unspecified atom stereocenters. The molecule has 1 atom stereocenters. The largest absolute Gasteiger partial charge is 0.441 e. The number of anilines is 1. The molecule has 6 nitrogen and oxygen atoms in total. The third-order valence-electron chi connectivity index (χ3n) is 3.19. The lowest BCUT2D eigenvalue weighted by molar-refractivity contribution is 0.173. The lowest BCUT2D eigenvalue weighted by atomic mass is 10.2. The van der Waals surface area contributed by atoms with Crippen molar-refractivity contribution in [2.45, 2.75) is 26.8 Å². The molecule has 0 aliphatic rings. The number of nitrogens with one attached hydrogen (secondary N) is 2. The summed E-state index contributed by atoms with van der Waals surface area (Å²) in [4.78, 5) is 16.2. The zero-order valence-corrected chi connectivity index (χ0v) is 13.3. The van der Waals surface area contributed by atoms with Crippen LogP contribution >= 0.6 is 0 Å². The molecule has 2 rings (SSSR count). The number of carbonyl (C=O) groups is 1. The van der Waals surface area contributed by atoms with E-state index in [9.17, 15) is 4.79 Å². The molecule has 0 aliphatic heterocycles. The first kappa shape index (κ1) is 16.0. The molecule has 2 amide bonds. The second-order valence-electron chi connectivity index (χ2n) is 5.20. The van der Waals surface area contributed by atoms with E-state index in [-0.39, 0.29) is 12.1 Å². The SMILES string of the molecule is COCC(C)NC(=O)Nc1cccc(-c2nc(C)c(C)o2)c1. The van der Waals surface area contributed by atoms with E-state index in [1.165, 1.54) is 0 Å². The average Bonchev–Trinajstić information content (AvgIpc) is 2.79. The van der Waals surface area contributed by atoms with Gasteiger partial charge in [-0.15, -0.1) is 0 Å². The Morgan fingerprint density at radius 1 is 1.41 bits per heavy atom. The average molecular weight is 303 g/mol. The minimum Gasteiger partial charge on any atom is -0.441 e. The number of aromatic nitrogens is 1. The maximum atomic E-state index is 11.9. The summed E-state index contributed by atoms with van der Waals surface area (Å²) in [6.45, 7) is 6.10. The van der Waals surface area contributed by atoms with Crippen molar-refractivity contribution in [1.29, 1.82) is 0 Å². The van der Waals surface area contributed by atoms with Crippen molar-refractivity contribution < 1.29 is 13.9 Å². The first-order valence-corrected chi connectivity index (χ1v) is 7.10. The molecule has 0 fully saturated rings. The number of nitrogens with zero attached hydrogens (tertiary/aromatic N) is 1. The number of benzene rings is 1. The minimum absolute atomic E-state index is 0.0646. The molecule has 118 valence electrons. The van der Waals surface area contributed by atoms with E-state index in [1.807, 2.05) is 45.0 Å². The number of aryl methyl sites for hydroxylation is 2. The summed E-state index contributed by atoms with van der Waals surface area (Å²) in [5.74, 6) is 1.34. The van der Waals surface area contributed by atoms with Crippen LogP contribution in [0.5, 0.6) is 0 Å². The standard InChI is InChI=1S/C16H21N3O3/c1-10(9-21-4)17-16(20)19-14-7-5-6-13(8-14)15-18-11(2)12(3)22-15/h5-8,10H,9H2,1-4H3,(H2,17,19,20). The van der Waals surface area contributed by atoms with Crippen LogP contribution in [0.25, 0.3) is 11.5 Å². The van der Waals surface area contributed by atoms with E-state index in [1.54, 1.807) is 7.11 Å². The van der Waals surface area contributed by atoms with Gasteiger partial charge in [0.15, 0.2) is 0 Å². The van der Waals surface area contributed by atoms with Crippen LogP contribution in [0.2, 0.25) is 0 Å². The van der Waals surface area contributed by atoms with Gasteiger partial charge in [-0.25, -0.2) is 9.78 Å². The highest BCUT2D eigenvalue weighted by molar-refractivity contribution is 5.90. The maximum Gasteiger partial charge on any atom is 0.319 e. The number of carbonyl (C=O) groups excluding carboxylic acids is 1. The van der Waals surface area contributed by atoms with Crippen molar-refractivity contribution >= 4 is 11.7 Å². The van der Waals surface area contributed by atoms with Gasteiger partial charge in [-0.2, -0.15) is 0 Å². The van der Waals surface area contributed by atoms with Crippen LogP contribution in [0.4, 0.5) is 10.5 Å². The van der Waals surface area contributed by atoms with Crippen LogP contribution in [0.15, 0.2) is 28.7 Å². The molecule has 2 aromatic rings. The quantitative estimate of drug-likeness (QED) is 0.889. The fourth-order valence-electron chi connectivity index (χ4n) is 2.01. The predicted octanol–water partition coefficient (Wildman–Crippen LogP) is 3.11. The van der Waals surface area contributed by atoms with Gasteiger partial charge in [0.25, 0.3) is 0 Å². The van der Waals surface area contributed by atoms with E-state index in [2.05, 4.69) is 15.6 Å². The topological polar surface area (TPSA) is 76.4 Å². The summed E-state index contributed by atoms with van der Waals surface area (Å²) in [5, 5.41) is 5.58. The Balaban J connectivity index is 2.07. The molecular formula is C16H21N3O3. The van der Waals surface area contributed by atoms with Gasteiger partial charge in [0.1, 0.15) is 5.76 Å². The number of hydrogen-bond donors (Lipinski definition) is 2. The minimum atomic E-state index is -0.276. The summed E-state index contributed by atoms with van der Waals surface area (Å²) in [5.41, 5.74) is 2.35. The summed E-state index contributed by atoms with van der Waals surface area (Å²) < 4.78 is 10.6. The summed E-state index contributed by atoms with van der Waals surface area (Å²) in [6.07, 6.45) is 0. The van der Waals surface area contributed by atoms with Gasteiger partial charge in [0.05, 0.1) is 18.3 Å². The summed E-state index contributed by atoms with van der Waals surface area (Å²) in [7, 11) is 1.60. The molecule has 0 saturated carbocycles. The molecule has 0 spiro atoms. The monoisotopic (exact) mass is 303 g/mol. The number of methoxy groups -OCH3 is 1. The molecule has 1 heterocycles. The Hall–Kier alpha value is -2.34. The van der Waals surface area contributed by atoms with Gasteiger partial charge >= 0.3 is 6.03 Å². The Labute approximate surface area is 129 Å². The van der Waals surface area contributed by atoms with Crippen LogP contribution in [-0.2, 0) is 4.74 Å². The van der Waals surface area contributed by atoms with Gasteiger partial charge < -0.3 is 19.8 Å². The Bertz CT molecular complexity index is 632. The first-order valence-electron chi connectivity index (χ1n) is 7.10. The van der Waals surface area contributed by atoms with Crippen molar-refractivity contribution in [3.63, 3.8) is 0 Å². The maximum absolute atomic E-state index is 11.9. The smallest absolute Gasteiger partial charge is 0.319 e. The predicted molar refractivity (Wildman–Crippen MR) is 84.9 cm³/mol. The fraction of sp³-hybridized carbons (Fsp3) is 0.375. The molecule has 0 bridgehead atoms. The molecule has 2 N–H and O–H groups in total. The van der Waals surface area contributed by atoms with E-state index < -0.39 is 0 Å². The lowest BCUT2D eigenvalue weighted by Gasteiger charge is -2.13. The molecular weight excluding hydrogens is 282 g/mol. The Morgan fingerprint density at radius 3 is 2.82 bits per heavy atom. The van der Waals surface area contributed by atoms with Crippen LogP contribution in [0.3, 0.4) is 0 Å². The molecule has 6 heteroatoms. The number of amides is 2. The number of oxazole rings is 1. The number of rotatable bonds is 5. The molecule has 0 saturated heterocycles. The van der Waals surface area contributed by atoms with Crippen LogP contribution in [-0.4, -0.2) is 30.8 Å². The first-order chi connectivity index (χ1) is 10.5. The number of ether oxygens (including phenoxy) is 1. The van der Waals surface area contributed by atoms with Crippen LogP contribution in [0.1, 0.15) is 18.4 Å². The number of hydrogen-bond acceptors (Lipinski definition) is 4. The molecule has 1 aromatic heterocycles. The van der Waals surface area contributed by atoms with E-state index >= 15 is 0 Å². The van der Waals surface area contributed by atoms with Gasteiger partial charge in [0.2, 0.25) is 5.89 Å². The van der Waals surface area contributed by atoms with Crippen molar-refractivity contribution in [3.8, 4) is 11.5 Å². The Kier molecular flexibility index (Phi) is 5.16. The molecule has 1 aromatic carbocycles. The van der Waals surface area contributed by atoms with Gasteiger partial charge in [0, 0.05) is 18.4 Å². The van der Waals surface area contributed by atoms with Gasteiger partial charge in [-0.05, 0) is 39.0 Å². The van der Waals surface area contributed by atoms with Gasteiger partial charge in [-0.3, -0.25) is 0 Å². The third-order valence-corrected chi connectivity index (χ3v) is 3.19. The highest BCUT2D eigenvalue weighted by atomic mass is 16.5. The zero-order valence-electron chi connectivity index (χ0n) is 13.3. The van der Waals surface area contributed by atoms with Crippen LogP contribution in [0, 0.1) is 13.8 Å². The molecule has 0 radical (unpaired) electrons. The summed E-state index contributed by atoms with van der Waals surface area (Å²) in [6, 6.07) is 7.03. The van der Waals surface area contributed by atoms with Gasteiger partial charge in [-0.1, -0.05) is 6.07 Å². The second-order valence-corrected chi connectivity index (χ2v) is 5.20. The number of urea groups is 1. The Morgan fingerprint density at radius 2 is 2.18 bits per heavy atom. The van der Waals surface area contributed by atoms with Crippen LogP contribution < -0.4 is 10.6 Å². The molecule has 22 heavy (non-hydrogen) atoms. The van der Waals surface area contributed by atoms with E-state index in [0.717, 1.165) is 17.0 Å². The second kappa shape index (κ2) is 7.09. The highest BCUT2D eigenvalue weighted by Crippen LogP contribution is 2.23. The van der Waals surface area contributed by atoms with E-state index in [0.29, 0.717) is 18.2 Å². The molecule has 0 aliphatic carbocycles. The zero-order chi connectivity index (χ0) is 16.1. The van der Waals surface area contributed by atoms with E-state index in [4.69, 9.17) is 9.15 Å². The van der Waals surface area contributed by atoms with Crippen molar-refractivity contribution in [2.75, 3.05) is 19.0 Å². The lowest BCUT2D eigenvalue weighted by Crippen LogP contribution is -2.38. The van der Waals surface area contributed by atoms with Crippen molar-refractivity contribution in [1.82, 2.24) is 10.3 Å². The summed E-state index contributed by atoms with van der Waals surface area (Å²) >= 11 is 0. The fourth-order valence-corrected chi connectivity index (χ4v) is 2.01. The van der Waals surface area contributed by atoms with Crippen molar-refractivity contribution in [2.24, 2.45) is 0 Å². The highest BCUT2D eigenvalue weighted by Gasteiger charge is 2.10. The van der Waals surface area contributed by atoms with Crippen molar-refractivity contribution in [3.05, 3.63) is 35.7 Å². The normalized spacial score (nSPS) is 12.0. The third kappa shape index (κ3) is 4.08.